The third-order valence-electron chi connectivity index (χ3n) is 4.95. The second kappa shape index (κ2) is 8.74. The van der Waals surface area contributed by atoms with Crippen LogP contribution in [0.4, 0.5) is 14.6 Å². The average molecular weight is 421 g/mol. The highest BCUT2D eigenvalue weighted by Gasteiger charge is 2.22. The van der Waals surface area contributed by atoms with E-state index in [-0.39, 0.29) is 5.75 Å². The van der Waals surface area contributed by atoms with Crippen LogP contribution in [-0.2, 0) is 0 Å². The van der Waals surface area contributed by atoms with Crippen molar-refractivity contribution >= 4 is 29.3 Å². The Morgan fingerprint density at radius 3 is 2.61 bits per heavy atom. The summed E-state index contributed by atoms with van der Waals surface area (Å²) < 4.78 is 34.1. The fourth-order valence-corrected chi connectivity index (χ4v) is 5.61. The van der Waals surface area contributed by atoms with E-state index >= 15 is 0 Å². The lowest BCUT2D eigenvalue weighted by Gasteiger charge is -2.23. The molecule has 1 fully saturated rings. The van der Waals surface area contributed by atoms with Crippen LogP contribution in [0, 0.1) is 11.6 Å². The smallest absolute Gasteiger partial charge is 0.198 e. The molecule has 0 radical (unpaired) electrons. The van der Waals surface area contributed by atoms with E-state index in [1.807, 2.05) is 6.92 Å². The van der Waals surface area contributed by atoms with Gasteiger partial charge in [-0.25, -0.2) is 13.8 Å². The van der Waals surface area contributed by atoms with Gasteiger partial charge in [-0.05, 0) is 37.3 Å². The van der Waals surface area contributed by atoms with Crippen LogP contribution in [-0.4, -0.2) is 16.1 Å². The minimum absolute atomic E-state index is 0.367. The molecular formula is C21H22F2N2OS2. The number of para-hydroxylation sites is 1. The number of anilines is 1. The fraction of sp³-hybridized carbons (Fsp3) is 0.381. The molecule has 1 aliphatic carbocycles. The van der Waals surface area contributed by atoms with Crippen LogP contribution in [0.1, 0.15) is 39.0 Å². The summed E-state index contributed by atoms with van der Waals surface area (Å²) in [4.78, 5) is 7.49. The van der Waals surface area contributed by atoms with Gasteiger partial charge in [-0.3, -0.25) is 0 Å². The van der Waals surface area contributed by atoms with E-state index in [4.69, 9.17) is 4.74 Å². The first kappa shape index (κ1) is 19.6. The molecule has 1 aromatic carbocycles. The number of allylic oxidation sites excluding steroid dienone is 1. The first-order chi connectivity index (χ1) is 13.6. The van der Waals surface area contributed by atoms with Gasteiger partial charge >= 0.3 is 0 Å². The van der Waals surface area contributed by atoms with E-state index in [0.717, 1.165) is 35.1 Å². The van der Waals surface area contributed by atoms with Gasteiger partial charge < -0.3 is 9.64 Å². The molecule has 0 atom stereocenters. The lowest BCUT2D eigenvalue weighted by atomic mass is 10.0. The van der Waals surface area contributed by atoms with Crippen LogP contribution >= 0.6 is 23.5 Å². The molecule has 2 aliphatic rings. The van der Waals surface area contributed by atoms with Crippen molar-refractivity contribution in [3.05, 3.63) is 53.2 Å². The molecule has 0 unspecified atom stereocenters. The van der Waals surface area contributed by atoms with Crippen molar-refractivity contribution in [1.29, 1.82) is 0 Å². The summed E-state index contributed by atoms with van der Waals surface area (Å²) in [5, 5.41) is 2.56. The number of aromatic nitrogens is 1. The minimum Gasteiger partial charge on any atom is -0.450 e. The number of rotatable bonds is 5. The van der Waals surface area contributed by atoms with E-state index in [1.165, 1.54) is 37.5 Å². The Morgan fingerprint density at radius 2 is 1.93 bits per heavy atom. The number of hydrogen-bond acceptors (Lipinski definition) is 5. The van der Waals surface area contributed by atoms with Gasteiger partial charge in [-0.15, -0.1) is 23.5 Å². The Labute approximate surface area is 172 Å². The highest BCUT2D eigenvalue weighted by Crippen LogP contribution is 2.42. The molecule has 148 valence electrons. The summed E-state index contributed by atoms with van der Waals surface area (Å²) in [6.45, 7) is 2.02. The van der Waals surface area contributed by atoms with Crippen molar-refractivity contribution < 1.29 is 13.5 Å². The molecule has 1 aliphatic heterocycles. The van der Waals surface area contributed by atoms with Crippen molar-refractivity contribution in [3.63, 3.8) is 0 Å². The number of benzene rings is 1. The molecule has 0 spiro atoms. The third-order valence-corrected chi connectivity index (χ3v) is 7.23. The second-order valence-electron chi connectivity index (χ2n) is 7.00. The molecule has 0 N–H and O–H groups in total. The standard InChI is InChI=1S/C21H22F2N2OS2/c1-14-12-27-13-25(14)20-10-18(26-21-16(22)8-5-9-17(21)23)19(11-24-20)28-15-6-3-2-4-7-15/h5,8-12,15H,2-4,6-7,13H2,1H3. The molecule has 3 nitrogen and oxygen atoms in total. The summed E-state index contributed by atoms with van der Waals surface area (Å²) in [6.07, 6.45) is 7.77. The van der Waals surface area contributed by atoms with E-state index in [9.17, 15) is 8.78 Å². The first-order valence-corrected chi connectivity index (χ1v) is 11.4. The predicted molar refractivity (Wildman–Crippen MR) is 112 cm³/mol. The van der Waals surface area contributed by atoms with Gasteiger partial charge in [0, 0.05) is 23.2 Å². The van der Waals surface area contributed by atoms with E-state index in [0.29, 0.717) is 11.0 Å². The van der Waals surface area contributed by atoms with Crippen molar-refractivity contribution in [1.82, 2.24) is 4.98 Å². The lowest BCUT2D eigenvalue weighted by molar-refractivity contribution is 0.400. The topological polar surface area (TPSA) is 25.4 Å². The Kier molecular flexibility index (Phi) is 6.11. The van der Waals surface area contributed by atoms with Crippen LogP contribution in [0.25, 0.3) is 0 Å². The molecule has 0 bridgehead atoms. The quantitative estimate of drug-likeness (QED) is 0.521. The second-order valence-corrected chi connectivity index (χ2v) is 9.17. The van der Waals surface area contributed by atoms with Gasteiger partial charge in [-0.1, -0.05) is 25.3 Å². The van der Waals surface area contributed by atoms with E-state index in [1.54, 1.807) is 35.8 Å². The number of ether oxygens (including phenoxy) is 1. The maximum Gasteiger partial charge on any atom is 0.198 e. The van der Waals surface area contributed by atoms with Crippen LogP contribution < -0.4 is 9.64 Å². The SMILES string of the molecule is CC1=CSCN1c1cc(Oc2c(F)cccc2F)c(SC2CCCCC2)cn1. The maximum atomic E-state index is 14.2. The molecule has 1 saturated carbocycles. The molecule has 0 saturated heterocycles. The van der Waals surface area contributed by atoms with Crippen molar-refractivity contribution in [2.45, 2.75) is 49.2 Å². The van der Waals surface area contributed by atoms with Gasteiger partial charge in [-0.2, -0.15) is 0 Å². The van der Waals surface area contributed by atoms with E-state index in [2.05, 4.69) is 15.3 Å². The van der Waals surface area contributed by atoms with Crippen LogP contribution in [0.5, 0.6) is 11.5 Å². The Morgan fingerprint density at radius 1 is 1.18 bits per heavy atom. The van der Waals surface area contributed by atoms with Gasteiger partial charge in [0.2, 0.25) is 0 Å². The zero-order chi connectivity index (χ0) is 19.5. The van der Waals surface area contributed by atoms with Gasteiger partial charge in [0.25, 0.3) is 0 Å². The molecule has 2 aromatic rings. The summed E-state index contributed by atoms with van der Waals surface area (Å²) >= 11 is 3.39. The monoisotopic (exact) mass is 420 g/mol. The Bertz CT molecular complexity index is 864. The summed E-state index contributed by atoms with van der Waals surface area (Å²) in [7, 11) is 0. The Balaban J connectivity index is 1.67. The number of pyridine rings is 1. The summed E-state index contributed by atoms with van der Waals surface area (Å²) in [5.41, 5.74) is 1.09. The van der Waals surface area contributed by atoms with Crippen molar-refractivity contribution in [2.75, 3.05) is 10.8 Å². The molecule has 4 rings (SSSR count). The molecular weight excluding hydrogens is 398 g/mol. The zero-order valence-corrected chi connectivity index (χ0v) is 17.3. The first-order valence-electron chi connectivity index (χ1n) is 9.46. The zero-order valence-electron chi connectivity index (χ0n) is 15.7. The fourth-order valence-electron chi connectivity index (χ4n) is 3.43. The minimum atomic E-state index is -0.709. The maximum absolute atomic E-state index is 14.2. The van der Waals surface area contributed by atoms with Gasteiger partial charge in [0.1, 0.15) is 11.6 Å². The number of nitrogens with zero attached hydrogens (tertiary/aromatic N) is 2. The highest BCUT2D eigenvalue weighted by atomic mass is 32.2. The number of hydrogen-bond donors (Lipinski definition) is 0. The van der Waals surface area contributed by atoms with Gasteiger partial charge in [0.15, 0.2) is 17.4 Å². The summed E-state index contributed by atoms with van der Waals surface area (Å²) in [5.74, 6) is 0.155. The summed E-state index contributed by atoms with van der Waals surface area (Å²) in [6, 6.07) is 5.54. The van der Waals surface area contributed by atoms with Crippen LogP contribution in [0.2, 0.25) is 0 Å². The van der Waals surface area contributed by atoms with Crippen molar-refractivity contribution in [3.8, 4) is 11.5 Å². The average Bonchev–Trinajstić information content (AvgIpc) is 3.13. The van der Waals surface area contributed by atoms with Crippen molar-refractivity contribution in [2.24, 2.45) is 0 Å². The Hall–Kier alpha value is -1.73. The molecule has 2 heterocycles. The largest absolute Gasteiger partial charge is 0.450 e. The van der Waals surface area contributed by atoms with Crippen LogP contribution in [0.15, 0.2) is 46.5 Å². The van der Waals surface area contributed by atoms with E-state index < -0.39 is 11.6 Å². The van der Waals surface area contributed by atoms with Gasteiger partial charge in [0.05, 0.1) is 10.8 Å². The molecule has 0 amide bonds. The number of halogens is 2. The molecule has 7 heteroatoms. The lowest BCUT2D eigenvalue weighted by Crippen LogP contribution is -2.17. The predicted octanol–water partition coefficient (Wildman–Crippen LogP) is 6.95. The highest BCUT2D eigenvalue weighted by molar-refractivity contribution is 8.02. The number of thioether (sulfide) groups is 2. The van der Waals surface area contributed by atoms with Crippen LogP contribution in [0.3, 0.4) is 0 Å². The molecule has 1 aromatic heterocycles. The third kappa shape index (κ3) is 4.30. The normalized spacial score (nSPS) is 17.7. The molecule has 28 heavy (non-hydrogen) atoms.